The van der Waals surface area contributed by atoms with Gasteiger partial charge >= 0.3 is 5.97 Å². The minimum absolute atomic E-state index is 0.123. The summed E-state index contributed by atoms with van der Waals surface area (Å²) in [6.07, 6.45) is 1.34. The van der Waals surface area contributed by atoms with Crippen LogP contribution in [0.1, 0.15) is 26.3 Å². The summed E-state index contributed by atoms with van der Waals surface area (Å²) in [6.45, 7) is 0. The third-order valence-electron chi connectivity index (χ3n) is 4.47. The molecule has 0 aliphatic heterocycles. The van der Waals surface area contributed by atoms with Crippen LogP contribution in [0.3, 0.4) is 0 Å². The van der Waals surface area contributed by atoms with Crippen LogP contribution in [0, 0.1) is 5.82 Å². The second-order valence-corrected chi connectivity index (χ2v) is 6.55. The molecule has 1 amide bonds. The number of nitrogens with zero attached hydrogens (tertiary/aromatic N) is 1. The van der Waals surface area contributed by atoms with Crippen LogP contribution in [-0.2, 0) is 0 Å². The fourth-order valence-corrected chi connectivity index (χ4v) is 2.89. The number of amides is 1. The number of carbonyl (C=O) groups is 2. The van der Waals surface area contributed by atoms with Gasteiger partial charge in [0, 0.05) is 0 Å². The average molecular weight is 452 g/mol. The fraction of sp³-hybridized carbons (Fsp3) is 0.125. The predicted molar refractivity (Wildman–Crippen MR) is 119 cm³/mol. The first-order chi connectivity index (χ1) is 16.0. The second-order valence-electron chi connectivity index (χ2n) is 6.55. The van der Waals surface area contributed by atoms with E-state index in [1.165, 1.54) is 57.9 Å². The third-order valence-corrected chi connectivity index (χ3v) is 4.47. The summed E-state index contributed by atoms with van der Waals surface area (Å²) in [4.78, 5) is 24.7. The van der Waals surface area contributed by atoms with Crippen LogP contribution in [0.25, 0.3) is 0 Å². The van der Waals surface area contributed by atoms with Crippen molar-refractivity contribution < 1.29 is 32.9 Å². The lowest BCUT2D eigenvalue weighted by molar-refractivity contribution is 0.0733. The Balaban J connectivity index is 1.71. The maximum Gasteiger partial charge on any atom is 0.343 e. The van der Waals surface area contributed by atoms with Crippen molar-refractivity contribution in [3.8, 4) is 23.0 Å². The summed E-state index contributed by atoms with van der Waals surface area (Å²) in [5.74, 6) is -0.743. The van der Waals surface area contributed by atoms with E-state index in [4.69, 9.17) is 18.9 Å². The van der Waals surface area contributed by atoms with Gasteiger partial charge in [0.05, 0.1) is 38.7 Å². The third kappa shape index (κ3) is 5.65. The number of methoxy groups -OCH3 is 3. The predicted octanol–water partition coefficient (Wildman–Crippen LogP) is 3.83. The first kappa shape index (κ1) is 23.3. The monoisotopic (exact) mass is 452 g/mol. The van der Waals surface area contributed by atoms with Crippen LogP contribution >= 0.6 is 0 Å². The number of ether oxygens (including phenoxy) is 4. The molecular formula is C24H21FN2O6. The van der Waals surface area contributed by atoms with E-state index in [0.717, 1.165) is 0 Å². The zero-order chi connectivity index (χ0) is 23.8. The van der Waals surface area contributed by atoms with Gasteiger partial charge in [-0.15, -0.1) is 0 Å². The van der Waals surface area contributed by atoms with Gasteiger partial charge in [-0.2, -0.15) is 5.10 Å². The van der Waals surface area contributed by atoms with Gasteiger partial charge in [-0.3, -0.25) is 4.79 Å². The molecule has 3 rings (SSSR count). The van der Waals surface area contributed by atoms with Gasteiger partial charge in [-0.1, -0.05) is 24.3 Å². The molecule has 3 aromatic rings. The first-order valence-corrected chi connectivity index (χ1v) is 9.67. The molecule has 8 nitrogen and oxygen atoms in total. The lowest BCUT2D eigenvalue weighted by atomic mass is 10.1. The smallest absolute Gasteiger partial charge is 0.343 e. The lowest BCUT2D eigenvalue weighted by Crippen LogP contribution is -2.18. The minimum Gasteiger partial charge on any atom is -0.493 e. The number of hydrogen-bond donors (Lipinski definition) is 1. The van der Waals surface area contributed by atoms with Crippen molar-refractivity contribution in [1.29, 1.82) is 0 Å². The van der Waals surface area contributed by atoms with Crippen LogP contribution in [0.15, 0.2) is 65.8 Å². The van der Waals surface area contributed by atoms with Gasteiger partial charge in [0.2, 0.25) is 5.75 Å². The second kappa shape index (κ2) is 10.8. The molecule has 0 aromatic heterocycles. The molecule has 33 heavy (non-hydrogen) atoms. The number of hydrazone groups is 1. The Morgan fingerprint density at radius 1 is 0.909 bits per heavy atom. The number of esters is 1. The Morgan fingerprint density at radius 3 is 2.24 bits per heavy atom. The minimum atomic E-state index is -0.686. The standard InChI is InChI=1S/C24H21FN2O6/c1-30-20-12-16(13-21(31-2)22(20)32-3)24(29)33-17-8-6-7-15(11-17)14-26-27-23(28)18-9-4-5-10-19(18)25/h4-14H,1-3H3,(H,27,28)/b26-14+. The highest BCUT2D eigenvalue weighted by Gasteiger charge is 2.18. The maximum atomic E-state index is 13.7. The van der Waals surface area contributed by atoms with Crippen molar-refractivity contribution >= 4 is 18.1 Å². The van der Waals surface area contributed by atoms with Crippen molar-refractivity contribution in [2.24, 2.45) is 5.10 Å². The van der Waals surface area contributed by atoms with Crippen molar-refractivity contribution in [3.63, 3.8) is 0 Å². The Kier molecular flexibility index (Phi) is 7.59. The lowest BCUT2D eigenvalue weighted by Gasteiger charge is -2.13. The SMILES string of the molecule is COc1cc(C(=O)Oc2cccc(/C=N/NC(=O)c3ccccc3F)c2)cc(OC)c1OC. The summed E-state index contributed by atoms with van der Waals surface area (Å²) in [7, 11) is 4.35. The van der Waals surface area contributed by atoms with Crippen LogP contribution in [-0.4, -0.2) is 39.4 Å². The number of hydrogen-bond acceptors (Lipinski definition) is 7. The topological polar surface area (TPSA) is 95.5 Å². The molecule has 0 saturated heterocycles. The molecule has 0 spiro atoms. The van der Waals surface area contributed by atoms with Gasteiger partial charge in [-0.25, -0.2) is 14.6 Å². The normalized spacial score (nSPS) is 10.5. The van der Waals surface area contributed by atoms with Crippen molar-refractivity contribution in [3.05, 3.63) is 83.2 Å². The fourth-order valence-electron chi connectivity index (χ4n) is 2.89. The molecule has 0 aliphatic carbocycles. The molecule has 1 N–H and O–H groups in total. The Hall–Kier alpha value is -4.40. The van der Waals surface area contributed by atoms with E-state index in [2.05, 4.69) is 10.5 Å². The van der Waals surface area contributed by atoms with Gasteiger partial charge in [0.25, 0.3) is 5.91 Å². The van der Waals surface area contributed by atoms with Crippen LogP contribution in [0.2, 0.25) is 0 Å². The van der Waals surface area contributed by atoms with Crippen molar-refractivity contribution in [1.82, 2.24) is 5.43 Å². The molecule has 0 heterocycles. The highest BCUT2D eigenvalue weighted by atomic mass is 19.1. The molecule has 0 fully saturated rings. The van der Waals surface area contributed by atoms with E-state index in [9.17, 15) is 14.0 Å². The molecule has 0 bridgehead atoms. The molecule has 0 aliphatic rings. The van der Waals surface area contributed by atoms with Gasteiger partial charge in [0.15, 0.2) is 11.5 Å². The molecule has 3 aromatic carbocycles. The van der Waals surface area contributed by atoms with Crippen LogP contribution in [0.5, 0.6) is 23.0 Å². The number of carbonyl (C=O) groups excluding carboxylic acids is 2. The Morgan fingerprint density at radius 2 is 1.61 bits per heavy atom. The summed E-state index contributed by atoms with van der Waals surface area (Å²) in [5, 5.41) is 3.82. The summed E-state index contributed by atoms with van der Waals surface area (Å²) in [5.41, 5.74) is 2.87. The van der Waals surface area contributed by atoms with Crippen molar-refractivity contribution in [2.75, 3.05) is 21.3 Å². The van der Waals surface area contributed by atoms with E-state index < -0.39 is 17.7 Å². The maximum absolute atomic E-state index is 13.7. The average Bonchev–Trinajstić information content (AvgIpc) is 2.83. The molecule has 0 saturated carbocycles. The highest BCUT2D eigenvalue weighted by Crippen LogP contribution is 2.38. The zero-order valence-corrected chi connectivity index (χ0v) is 18.1. The largest absolute Gasteiger partial charge is 0.493 e. The van der Waals surface area contributed by atoms with E-state index in [0.29, 0.717) is 22.8 Å². The number of halogens is 1. The summed E-state index contributed by atoms with van der Waals surface area (Å²) >= 11 is 0. The van der Waals surface area contributed by atoms with Crippen LogP contribution < -0.4 is 24.4 Å². The summed E-state index contributed by atoms with van der Waals surface area (Å²) < 4.78 is 34.9. The number of rotatable bonds is 8. The van der Waals surface area contributed by atoms with E-state index in [-0.39, 0.29) is 16.9 Å². The van der Waals surface area contributed by atoms with Crippen LogP contribution in [0.4, 0.5) is 4.39 Å². The molecule has 9 heteroatoms. The Labute approximate surface area is 189 Å². The van der Waals surface area contributed by atoms with Gasteiger partial charge < -0.3 is 18.9 Å². The van der Waals surface area contributed by atoms with E-state index in [1.807, 2.05) is 0 Å². The highest BCUT2D eigenvalue weighted by molar-refractivity contribution is 5.95. The number of nitrogens with one attached hydrogen (secondary N) is 1. The molecule has 170 valence electrons. The molecule has 0 radical (unpaired) electrons. The van der Waals surface area contributed by atoms with E-state index >= 15 is 0 Å². The number of benzene rings is 3. The first-order valence-electron chi connectivity index (χ1n) is 9.67. The molecule has 0 unspecified atom stereocenters. The van der Waals surface area contributed by atoms with Gasteiger partial charge in [-0.05, 0) is 42.0 Å². The quantitative estimate of drug-likeness (QED) is 0.242. The van der Waals surface area contributed by atoms with Crippen molar-refractivity contribution in [2.45, 2.75) is 0 Å². The van der Waals surface area contributed by atoms with E-state index in [1.54, 1.807) is 30.3 Å². The van der Waals surface area contributed by atoms with Gasteiger partial charge in [0.1, 0.15) is 11.6 Å². The zero-order valence-electron chi connectivity index (χ0n) is 18.1. The Bertz CT molecular complexity index is 1170. The molecular weight excluding hydrogens is 431 g/mol. The molecule has 0 atom stereocenters. The summed E-state index contributed by atoms with van der Waals surface area (Å²) in [6, 6.07) is 15.0.